The minimum atomic E-state index is 0.272. The third-order valence-electron chi connectivity index (χ3n) is 2.67. The zero-order chi connectivity index (χ0) is 9.52. The third-order valence-corrected chi connectivity index (χ3v) is 2.67. The van der Waals surface area contributed by atoms with Gasteiger partial charge in [0.05, 0.1) is 6.61 Å². The standard InChI is InChI=1S/C10H21NO2/c1-2-11-10(5-6-12)9-4-3-7-13-8-9/h9-12H,2-8H2,1H3. The van der Waals surface area contributed by atoms with Crippen LogP contribution in [-0.2, 0) is 4.74 Å². The lowest BCUT2D eigenvalue weighted by Crippen LogP contribution is -2.40. The number of ether oxygens (including phenoxy) is 1. The van der Waals surface area contributed by atoms with Crippen molar-refractivity contribution in [1.29, 1.82) is 0 Å². The molecule has 0 aliphatic carbocycles. The molecule has 0 aromatic heterocycles. The second-order valence-corrected chi connectivity index (χ2v) is 3.65. The molecule has 78 valence electrons. The van der Waals surface area contributed by atoms with Crippen molar-refractivity contribution in [3.8, 4) is 0 Å². The molecule has 2 atom stereocenters. The minimum Gasteiger partial charge on any atom is -0.396 e. The molecule has 0 saturated carbocycles. The quantitative estimate of drug-likeness (QED) is 0.668. The van der Waals surface area contributed by atoms with Gasteiger partial charge in [0.1, 0.15) is 0 Å². The summed E-state index contributed by atoms with van der Waals surface area (Å²) in [4.78, 5) is 0. The van der Waals surface area contributed by atoms with Crippen molar-refractivity contribution in [3.05, 3.63) is 0 Å². The zero-order valence-corrected chi connectivity index (χ0v) is 8.46. The molecular formula is C10H21NO2. The lowest BCUT2D eigenvalue weighted by atomic mass is 9.92. The van der Waals surface area contributed by atoms with Crippen LogP contribution in [0.5, 0.6) is 0 Å². The van der Waals surface area contributed by atoms with Gasteiger partial charge in [-0.25, -0.2) is 0 Å². The maximum absolute atomic E-state index is 8.91. The lowest BCUT2D eigenvalue weighted by molar-refractivity contribution is 0.0354. The first-order valence-electron chi connectivity index (χ1n) is 5.30. The van der Waals surface area contributed by atoms with E-state index in [1.54, 1.807) is 0 Å². The molecule has 0 amide bonds. The van der Waals surface area contributed by atoms with Gasteiger partial charge in [-0.05, 0) is 31.7 Å². The summed E-state index contributed by atoms with van der Waals surface area (Å²) in [5.41, 5.74) is 0. The predicted molar refractivity (Wildman–Crippen MR) is 52.7 cm³/mol. The lowest BCUT2D eigenvalue weighted by Gasteiger charge is -2.30. The summed E-state index contributed by atoms with van der Waals surface area (Å²) in [6, 6.07) is 0.440. The van der Waals surface area contributed by atoms with Gasteiger partial charge in [0.25, 0.3) is 0 Å². The molecule has 2 unspecified atom stereocenters. The Morgan fingerprint density at radius 2 is 2.46 bits per heavy atom. The first kappa shape index (κ1) is 11.0. The van der Waals surface area contributed by atoms with E-state index in [0.717, 1.165) is 32.6 Å². The number of aliphatic hydroxyl groups is 1. The van der Waals surface area contributed by atoms with Gasteiger partial charge in [-0.2, -0.15) is 0 Å². The molecule has 0 bridgehead atoms. The average Bonchev–Trinajstić information content (AvgIpc) is 2.19. The fourth-order valence-corrected chi connectivity index (χ4v) is 1.99. The maximum atomic E-state index is 8.91. The van der Waals surface area contributed by atoms with Gasteiger partial charge < -0.3 is 15.2 Å². The summed E-state index contributed by atoms with van der Waals surface area (Å²) in [5, 5.41) is 12.3. The van der Waals surface area contributed by atoms with Gasteiger partial charge in [-0.15, -0.1) is 0 Å². The monoisotopic (exact) mass is 187 g/mol. The SMILES string of the molecule is CCNC(CCO)C1CCCOC1. The van der Waals surface area contributed by atoms with Crippen molar-refractivity contribution in [2.24, 2.45) is 5.92 Å². The summed E-state index contributed by atoms with van der Waals surface area (Å²) in [6.45, 7) is 5.12. The Morgan fingerprint density at radius 1 is 1.62 bits per heavy atom. The molecule has 1 fully saturated rings. The average molecular weight is 187 g/mol. The van der Waals surface area contributed by atoms with Crippen LogP contribution >= 0.6 is 0 Å². The van der Waals surface area contributed by atoms with Gasteiger partial charge in [-0.3, -0.25) is 0 Å². The van der Waals surface area contributed by atoms with E-state index in [1.165, 1.54) is 6.42 Å². The highest BCUT2D eigenvalue weighted by molar-refractivity contribution is 4.77. The fourth-order valence-electron chi connectivity index (χ4n) is 1.99. The van der Waals surface area contributed by atoms with Gasteiger partial charge >= 0.3 is 0 Å². The molecular weight excluding hydrogens is 166 g/mol. The molecule has 3 heteroatoms. The summed E-state index contributed by atoms with van der Waals surface area (Å²) in [5.74, 6) is 0.598. The van der Waals surface area contributed by atoms with Gasteiger partial charge in [0, 0.05) is 19.3 Å². The van der Waals surface area contributed by atoms with Crippen LogP contribution in [0, 0.1) is 5.92 Å². The molecule has 0 radical (unpaired) electrons. The van der Waals surface area contributed by atoms with E-state index in [9.17, 15) is 0 Å². The molecule has 1 aliphatic rings. The first-order valence-corrected chi connectivity index (χ1v) is 5.30. The van der Waals surface area contributed by atoms with E-state index in [2.05, 4.69) is 12.2 Å². The van der Waals surface area contributed by atoms with Crippen LogP contribution in [0.1, 0.15) is 26.2 Å². The number of hydrogen-bond donors (Lipinski definition) is 2. The van der Waals surface area contributed by atoms with E-state index in [4.69, 9.17) is 9.84 Å². The van der Waals surface area contributed by atoms with Crippen LogP contribution in [0.25, 0.3) is 0 Å². The number of rotatable bonds is 5. The van der Waals surface area contributed by atoms with Crippen molar-refractivity contribution in [2.75, 3.05) is 26.4 Å². The van der Waals surface area contributed by atoms with Crippen molar-refractivity contribution in [3.63, 3.8) is 0 Å². The van der Waals surface area contributed by atoms with E-state index >= 15 is 0 Å². The van der Waals surface area contributed by atoms with Crippen LogP contribution in [0.4, 0.5) is 0 Å². The molecule has 2 N–H and O–H groups in total. The number of hydrogen-bond acceptors (Lipinski definition) is 3. The molecule has 0 spiro atoms. The summed E-state index contributed by atoms with van der Waals surface area (Å²) >= 11 is 0. The highest BCUT2D eigenvalue weighted by Crippen LogP contribution is 2.19. The van der Waals surface area contributed by atoms with Gasteiger partial charge in [-0.1, -0.05) is 6.92 Å². The van der Waals surface area contributed by atoms with Crippen molar-refractivity contribution >= 4 is 0 Å². The van der Waals surface area contributed by atoms with Crippen molar-refractivity contribution in [2.45, 2.75) is 32.2 Å². The molecule has 13 heavy (non-hydrogen) atoms. The Labute approximate surface area is 80.5 Å². The largest absolute Gasteiger partial charge is 0.396 e. The van der Waals surface area contributed by atoms with Crippen molar-refractivity contribution < 1.29 is 9.84 Å². The molecule has 1 rings (SSSR count). The minimum absolute atomic E-state index is 0.272. The topological polar surface area (TPSA) is 41.5 Å². The van der Waals surface area contributed by atoms with Gasteiger partial charge in [0.15, 0.2) is 0 Å². The van der Waals surface area contributed by atoms with Gasteiger partial charge in [0.2, 0.25) is 0 Å². The van der Waals surface area contributed by atoms with E-state index in [-0.39, 0.29) is 6.61 Å². The van der Waals surface area contributed by atoms with Crippen LogP contribution in [0.2, 0.25) is 0 Å². The predicted octanol–water partition coefficient (Wildman–Crippen LogP) is 0.773. The van der Waals surface area contributed by atoms with Crippen molar-refractivity contribution in [1.82, 2.24) is 5.32 Å². The van der Waals surface area contributed by atoms with Crippen LogP contribution in [0.3, 0.4) is 0 Å². The molecule has 0 aromatic carbocycles. The Hall–Kier alpha value is -0.120. The van der Waals surface area contributed by atoms with Crippen LogP contribution in [-0.4, -0.2) is 37.5 Å². The van der Waals surface area contributed by atoms with Crippen LogP contribution in [0.15, 0.2) is 0 Å². The highest BCUT2D eigenvalue weighted by atomic mass is 16.5. The normalized spacial score (nSPS) is 25.8. The number of nitrogens with one attached hydrogen (secondary N) is 1. The zero-order valence-electron chi connectivity index (χ0n) is 8.46. The summed E-state index contributed by atoms with van der Waals surface area (Å²) < 4.78 is 5.43. The molecule has 1 saturated heterocycles. The highest BCUT2D eigenvalue weighted by Gasteiger charge is 2.22. The van der Waals surface area contributed by atoms with Crippen LogP contribution < -0.4 is 5.32 Å². The summed E-state index contributed by atoms with van der Waals surface area (Å²) in [7, 11) is 0. The third kappa shape index (κ3) is 3.63. The maximum Gasteiger partial charge on any atom is 0.0509 e. The summed E-state index contributed by atoms with van der Waals surface area (Å²) in [6.07, 6.45) is 3.25. The van der Waals surface area contributed by atoms with E-state index in [0.29, 0.717) is 12.0 Å². The smallest absolute Gasteiger partial charge is 0.0509 e. The molecule has 1 heterocycles. The molecule has 1 aliphatic heterocycles. The Bertz CT molecular complexity index is 118. The number of aliphatic hydroxyl groups excluding tert-OH is 1. The van der Waals surface area contributed by atoms with E-state index < -0.39 is 0 Å². The fraction of sp³-hybridized carbons (Fsp3) is 1.00. The Morgan fingerprint density at radius 3 is 3.00 bits per heavy atom. The Balaban J connectivity index is 2.32. The molecule has 3 nitrogen and oxygen atoms in total. The second-order valence-electron chi connectivity index (χ2n) is 3.65. The first-order chi connectivity index (χ1) is 6.38. The Kier molecular flexibility index (Phi) is 5.35. The van der Waals surface area contributed by atoms with E-state index in [1.807, 2.05) is 0 Å². The molecule has 0 aromatic rings. The second kappa shape index (κ2) is 6.35.